The molecular weight excluding hydrogens is 326 g/mol. The van der Waals surface area contributed by atoms with Gasteiger partial charge in [-0.1, -0.05) is 6.07 Å². The smallest absolute Gasteiger partial charge is 0.231 e. The van der Waals surface area contributed by atoms with Crippen molar-refractivity contribution < 1.29 is 9.47 Å². The van der Waals surface area contributed by atoms with Crippen LogP contribution >= 0.6 is 27.3 Å². The van der Waals surface area contributed by atoms with E-state index in [1.165, 1.54) is 14.2 Å². The van der Waals surface area contributed by atoms with E-state index in [0.29, 0.717) is 6.79 Å². The van der Waals surface area contributed by atoms with Gasteiger partial charge in [0.1, 0.15) is 0 Å². The molecule has 19 heavy (non-hydrogen) atoms. The number of rotatable bonds is 4. The van der Waals surface area contributed by atoms with Gasteiger partial charge in [-0.15, -0.1) is 11.3 Å². The Labute approximate surface area is 124 Å². The molecule has 0 N–H and O–H groups in total. The highest BCUT2D eigenvalue weighted by molar-refractivity contribution is 9.11. The second-order valence-electron chi connectivity index (χ2n) is 4.57. The molecule has 0 fully saturated rings. The minimum atomic E-state index is 0.331. The van der Waals surface area contributed by atoms with E-state index in [2.05, 4.69) is 52.1 Å². The van der Waals surface area contributed by atoms with Crippen molar-refractivity contribution in [2.75, 3.05) is 13.8 Å². The fraction of sp³-hybridized carbons (Fsp3) is 0.286. The van der Waals surface area contributed by atoms with E-state index in [-0.39, 0.29) is 0 Å². The van der Waals surface area contributed by atoms with Gasteiger partial charge in [0.2, 0.25) is 6.79 Å². The molecule has 0 amide bonds. The van der Waals surface area contributed by atoms with Crippen molar-refractivity contribution in [1.82, 2.24) is 4.90 Å². The molecule has 1 aliphatic heterocycles. The Morgan fingerprint density at radius 3 is 2.79 bits per heavy atom. The second-order valence-corrected chi connectivity index (χ2v) is 7.11. The van der Waals surface area contributed by atoms with Gasteiger partial charge in [0.15, 0.2) is 11.5 Å². The zero-order chi connectivity index (χ0) is 13.2. The van der Waals surface area contributed by atoms with Crippen LogP contribution < -0.4 is 9.47 Å². The van der Waals surface area contributed by atoms with Gasteiger partial charge in [0, 0.05) is 18.0 Å². The highest BCUT2D eigenvalue weighted by Gasteiger charge is 2.13. The molecule has 3 rings (SSSR count). The molecule has 0 unspecified atom stereocenters. The highest BCUT2D eigenvalue weighted by Crippen LogP contribution is 2.33. The number of thiophene rings is 1. The van der Waals surface area contributed by atoms with Crippen LogP contribution in [0, 0.1) is 0 Å². The second kappa shape index (κ2) is 5.53. The molecule has 1 aromatic carbocycles. The van der Waals surface area contributed by atoms with Crippen molar-refractivity contribution in [3.63, 3.8) is 0 Å². The number of ether oxygens (including phenoxy) is 2. The van der Waals surface area contributed by atoms with E-state index in [1.807, 2.05) is 6.07 Å². The molecule has 5 heteroatoms. The van der Waals surface area contributed by atoms with Crippen molar-refractivity contribution in [2.24, 2.45) is 0 Å². The molecule has 2 aromatic rings. The molecule has 0 saturated heterocycles. The molecule has 0 spiro atoms. The average Bonchev–Trinajstić information content (AvgIpc) is 2.97. The van der Waals surface area contributed by atoms with Crippen molar-refractivity contribution in [1.29, 1.82) is 0 Å². The number of benzene rings is 1. The van der Waals surface area contributed by atoms with E-state index >= 15 is 0 Å². The largest absolute Gasteiger partial charge is 0.454 e. The summed E-state index contributed by atoms with van der Waals surface area (Å²) in [7, 11) is 2.12. The number of hydrogen-bond donors (Lipinski definition) is 0. The average molecular weight is 340 g/mol. The zero-order valence-electron chi connectivity index (χ0n) is 10.6. The van der Waals surface area contributed by atoms with Crippen LogP contribution in [0.1, 0.15) is 10.4 Å². The maximum Gasteiger partial charge on any atom is 0.231 e. The number of nitrogens with zero attached hydrogens (tertiary/aromatic N) is 1. The Hall–Kier alpha value is -1.04. The SMILES string of the molecule is CN(Cc1ccc2c(c1)OCO2)Cc1ccc(Br)s1. The maximum atomic E-state index is 5.40. The number of hydrogen-bond acceptors (Lipinski definition) is 4. The first-order chi connectivity index (χ1) is 9.20. The lowest BCUT2D eigenvalue weighted by molar-refractivity contribution is 0.174. The number of fused-ring (bicyclic) bond motifs is 1. The molecule has 0 radical (unpaired) electrons. The first-order valence-corrected chi connectivity index (χ1v) is 7.63. The molecule has 0 atom stereocenters. The van der Waals surface area contributed by atoms with E-state index < -0.39 is 0 Å². The Bertz CT molecular complexity index is 585. The predicted octanol–water partition coefficient (Wildman–Crippen LogP) is 3.87. The van der Waals surface area contributed by atoms with Crippen molar-refractivity contribution in [3.8, 4) is 11.5 Å². The molecule has 1 aliphatic rings. The van der Waals surface area contributed by atoms with E-state index in [9.17, 15) is 0 Å². The van der Waals surface area contributed by atoms with E-state index in [1.54, 1.807) is 11.3 Å². The standard InChI is InChI=1S/C14H14BrNO2S/c1-16(8-11-3-5-14(15)19-11)7-10-2-4-12-13(6-10)18-9-17-12/h2-6H,7-9H2,1H3. The lowest BCUT2D eigenvalue weighted by Crippen LogP contribution is -2.16. The van der Waals surface area contributed by atoms with Crippen LogP contribution in [0.15, 0.2) is 34.1 Å². The fourth-order valence-corrected chi connectivity index (χ4v) is 3.67. The molecule has 0 aliphatic carbocycles. The lowest BCUT2D eigenvalue weighted by Gasteiger charge is -2.15. The summed E-state index contributed by atoms with van der Waals surface area (Å²) in [6, 6.07) is 10.4. The van der Waals surface area contributed by atoms with Crippen molar-refractivity contribution >= 4 is 27.3 Å². The van der Waals surface area contributed by atoms with Crippen LogP contribution in [-0.4, -0.2) is 18.7 Å². The Morgan fingerprint density at radius 2 is 2.00 bits per heavy atom. The van der Waals surface area contributed by atoms with Gasteiger partial charge >= 0.3 is 0 Å². The Balaban J connectivity index is 1.64. The van der Waals surface area contributed by atoms with Gasteiger partial charge in [-0.25, -0.2) is 0 Å². The van der Waals surface area contributed by atoms with Crippen LogP contribution in [0.25, 0.3) is 0 Å². The van der Waals surface area contributed by atoms with Crippen LogP contribution in [0.4, 0.5) is 0 Å². The maximum absolute atomic E-state index is 5.40. The summed E-state index contributed by atoms with van der Waals surface area (Å²) in [6.45, 7) is 2.18. The normalized spacial score (nSPS) is 13.2. The zero-order valence-corrected chi connectivity index (χ0v) is 13.0. The van der Waals surface area contributed by atoms with Gasteiger partial charge < -0.3 is 9.47 Å². The lowest BCUT2D eigenvalue weighted by atomic mass is 10.2. The summed E-state index contributed by atoms with van der Waals surface area (Å²) in [4.78, 5) is 3.64. The predicted molar refractivity (Wildman–Crippen MR) is 79.8 cm³/mol. The van der Waals surface area contributed by atoms with Gasteiger partial charge in [0.25, 0.3) is 0 Å². The first kappa shape index (κ1) is 13.0. The highest BCUT2D eigenvalue weighted by atomic mass is 79.9. The van der Waals surface area contributed by atoms with Crippen molar-refractivity contribution in [2.45, 2.75) is 13.1 Å². The summed E-state index contributed by atoms with van der Waals surface area (Å²) in [5.74, 6) is 1.69. The van der Waals surface area contributed by atoms with Gasteiger partial charge in [-0.3, -0.25) is 4.90 Å². The molecule has 1 aromatic heterocycles. The third kappa shape index (κ3) is 3.11. The molecule has 0 bridgehead atoms. The molecular formula is C14H14BrNO2S. The Kier molecular flexibility index (Phi) is 3.77. The summed E-state index contributed by atoms with van der Waals surface area (Å²) in [5.41, 5.74) is 1.24. The third-order valence-corrected chi connectivity index (χ3v) is 4.55. The summed E-state index contributed by atoms with van der Waals surface area (Å²) in [5, 5.41) is 0. The first-order valence-electron chi connectivity index (χ1n) is 6.02. The van der Waals surface area contributed by atoms with Gasteiger partial charge in [-0.2, -0.15) is 0 Å². The molecule has 2 heterocycles. The van der Waals surface area contributed by atoms with Gasteiger partial charge in [0.05, 0.1) is 3.79 Å². The minimum Gasteiger partial charge on any atom is -0.454 e. The van der Waals surface area contributed by atoms with Gasteiger partial charge in [-0.05, 0) is 52.8 Å². The third-order valence-electron chi connectivity index (χ3n) is 2.94. The molecule has 3 nitrogen and oxygen atoms in total. The summed E-state index contributed by atoms with van der Waals surface area (Å²) >= 11 is 5.27. The van der Waals surface area contributed by atoms with Crippen LogP contribution in [0.3, 0.4) is 0 Å². The minimum absolute atomic E-state index is 0.331. The monoisotopic (exact) mass is 339 g/mol. The van der Waals surface area contributed by atoms with Crippen LogP contribution in [0.2, 0.25) is 0 Å². The molecule has 0 saturated carbocycles. The Morgan fingerprint density at radius 1 is 1.16 bits per heavy atom. The topological polar surface area (TPSA) is 21.7 Å². The fourth-order valence-electron chi connectivity index (χ4n) is 2.11. The quantitative estimate of drug-likeness (QED) is 0.843. The molecule has 100 valence electrons. The summed E-state index contributed by atoms with van der Waals surface area (Å²) < 4.78 is 11.9. The van der Waals surface area contributed by atoms with E-state index in [4.69, 9.17) is 9.47 Å². The van der Waals surface area contributed by atoms with Crippen molar-refractivity contribution in [3.05, 3.63) is 44.6 Å². The van der Waals surface area contributed by atoms with Crippen LogP contribution in [-0.2, 0) is 13.1 Å². The van der Waals surface area contributed by atoms with E-state index in [0.717, 1.165) is 24.6 Å². The van der Waals surface area contributed by atoms with Crippen LogP contribution in [0.5, 0.6) is 11.5 Å². The summed E-state index contributed by atoms with van der Waals surface area (Å²) in [6.07, 6.45) is 0. The number of halogens is 1.